The third-order valence-electron chi connectivity index (χ3n) is 2.73. The zero-order valence-electron chi connectivity index (χ0n) is 7.44. The summed E-state index contributed by atoms with van der Waals surface area (Å²) in [6.07, 6.45) is 8.44. The molecule has 2 atom stereocenters. The molecule has 66 valence electrons. The summed E-state index contributed by atoms with van der Waals surface area (Å²) in [4.78, 5) is 0. The lowest BCUT2D eigenvalue weighted by Crippen LogP contribution is -2.19. The minimum Gasteiger partial charge on any atom is -0.379 e. The number of aromatic nitrogens is 1. The quantitative estimate of drug-likeness (QED) is 0.655. The van der Waals surface area contributed by atoms with Crippen LogP contribution in [0.5, 0.6) is 0 Å². The van der Waals surface area contributed by atoms with E-state index in [1.54, 1.807) is 0 Å². The Balaban J connectivity index is 2.13. The second kappa shape index (κ2) is 3.31. The Bertz CT molecular complexity index is 230. The Morgan fingerprint density at radius 1 is 1.25 bits per heavy atom. The second-order valence-corrected chi connectivity index (χ2v) is 3.40. The number of methoxy groups -OCH3 is 1. The van der Waals surface area contributed by atoms with Crippen molar-refractivity contribution in [2.24, 2.45) is 0 Å². The van der Waals surface area contributed by atoms with Crippen molar-refractivity contribution in [1.29, 1.82) is 0 Å². The van der Waals surface area contributed by atoms with Crippen LogP contribution in [0, 0.1) is 0 Å². The molecule has 0 amide bonds. The third-order valence-corrected chi connectivity index (χ3v) is 2.73. The molecule has 1 aliphatic rings. The minimum atomic E-state index is 0.428. The van der Waals surface area contributed by atoms with Crippen LogP contribution in [0.4, 0.5) is 0 Å². The maximum Gasteiger partial charge on any atom is 0.0778 e. The van der Waals surface area contributed by atoms with E-state index in [1.807, 2.05) is 7.11 Å². The van der Waals surface area contributed by atoms with E-state index in [1.165, 1.54) is 19.3 Å². The van der Waals surface area contributed by atoms with Gasteiger partial charge in [-0.3, -0.25) is 0 Å². The first-order valence-corrected chi connectivity index (χ1v) is 4.57. The molecule has 1 aromatic rings. The highest BCUT2D eigenvalue weighted by atomic mass is 16.5. The molecule has 1 aliphatic carbocycles. The van der Waals surface area contributed by atoms with Crippen molar-refractivity contribution >= 4 is 0 Å². The normalized spacial score (nSPS) is 29.4. The van der Waals surface area contributed by atoms with Crippen molar-refractivity contribution in [2.75, 3.05) is 7.11 Å². The van der Waals surface area contributed by atoms with Crippen LogP contribution in [0.1, 0.15) is 25.3 Å². The van der Waals surface area contributed by atoms with E-state index in [4.69, 9.17) is 4.74 Å². The molecule has 0 aromatic carbocycles. The summed E-state index contributed by atoms with van der Waals surface area (Å²) >= 11 is 0. The molecule has 0 spiro atoms. The Morgan fingerprint density at radius 3 is 2.67 bits per heavy atom. The van der Waals surface area contributed by atoms with E-state index in [-0.39, 0.29) is 0 Å². The largest absolute Gasteiger partial charge is 0.379 e. The Kier molecular flexibility index (Phi) is 2.17. The lowest BCUT2D eigenvalue weighted by Gasteiger charge is -2.19. The van der Waals surface area contributed by atoms with Crippen LogP contribution in [0.15, 0.2) is 24.5 Å². The molecular weight excluding hydrogens is 150 g/mol. The molecule has 0 N–H and O–H groups in total. The van der Waals surface area contributed by atoms with Crippen LogP contribution in [0.3, 0.4) is 0 Å². The average Bonchev–Trinajstić information content (AvgIpc) is 2.74. The van der Waals surface area contributed by atoms with Gasteiger partial charge in [0.15, 0.2) is 0 Å². The SMILES string of the molecule is COC1CCCC1n1cccc1. The minimum absolute atomic E-state index is 0.428. The molecule has 2 rings (SSSR count). The fourth-order valence-electron chi connectivity index (χ4n) is 2.09. The van der Waals surface area contributed by atoms with Crippen molar-refractivity contribution in [3.8, 4) is 0 Å². The predicted molar refractivity (Wildman–Crippen MR) is 48.1 cm³/mol. The van der Waals surface area contributed by atoms with E-state index >= 15 is 0 Å². The highest BCUT2D eigenvalue weighted by Crippen LogP contribution is 2.31. The summed E-state index contributed by atoms with van der Waals surface area (Å²) in [5, 5.41) is 0. The first-order chi connectivity index (χ1) is 5.92. The average molecular weight is 165 g/mol. The van der Waals surface area contributed by atoms with Crippen molar-refractivity contribution in [1.82, 2.24) is 4.57 Å². The molecule has 1 aromatic heterocycles. The summed E-state index contributed by atoms with van der Waals surface area (Å²) < 4.78 is 7.69. The number of ether oxygens (including phenoxy) is 1. The van der Waals surface area contributed by atoms with E-state index < -0.39 is 0 Å². The van der Waals surface area contributed by atoms with Gasteiger partial charge in [-0.25, -0.2) is 0 Å². The molecular formula is C10H15NO. The molecule has 1 heterocycles. The summed E-state index contributed by atoms with van der Waals surface area (Å²) in [7, 11) is 1.81. The molecule has 0 radical (unpaired) electrons. The van der Waals surface area contributed by atoms with Crippen LogP contribution in [0.2, 0.25) is 0 Å². The second-order valence-electron chi connectivity index (χ2n) is 3.40. The molecule has 0 bridgehead atoms. The van der Waals surface area contributed by atoms with Crippen molar-refractivity contribution in [3.05, 3.63) is 24.5 Å². The van der Waals surface area contributed by atoms with Gasteiger partial charge in [0.2, 0.25) is 0 Å². The van der Waals surface area contributed by atoms with Crippen molar-refractivity contribution in [3.63, 3.8) is 0 Å². The summed E-state index contributed by atoms with van der Waals surface area (Å²) in [5.74, 6) is 0. The smallest absolute Gasteiger partial charge is 0.0778 e. The Morgan fingerprint density at radius 2 is 2.00 bits per heavy atom. The van der Waals surface area contributed by atoms with Gasteiger partial charge in [-0.15, -0.1) is 0 Å². The lowest BCUT2D eigenvalue weighted by atomic mass is 10.2. The van der Waals surface area contributed by atoms with Crippen LogP contribution in [-0.4, -0.2) is 17.8 Å². The lowest BCUT2D eigenvalue weighted by molar-refractivity contribution is 0.0751. The monoisotopic (exact) mass is 165 g/mol. The molecule has 1 saturated carbocycles. The fourth-order valence-corrected chi connectivity index (χ4v) is 2.09. The van der Waals surface area contributed by atoms with Crippen LogP contribution in [-0.2, 0) is 4.74 Å². The van der Waals surface area contributed by atoms with Gasteiger partial charge < -0.3 is 9.30 Å². The third kappa shape index (κ3) is 1.27. The van der Waals surface area contributed by atoms with Gasteiger partial charge in [-0.05, 0) is 31.4 Å². The fraction of sp³-hybridized carbons (Fsp3) is 0.600. The molecule has 1 fully saturated rings. The highest BCUT2D eigenvalue weighted by Gasteiger charge is 2.27. The maximum absolute atomic E-state index is 5.43. The molecule has 0 aliphatic heterocycles. The zero-order chi connectivity index (χ0) is 8.39. The van der Waals surface area contributed by atoms with Crippen molar-refractivity contribution < 1.29 is 4.74 Å². The van der Waals surface area contributed by atoms with Gasteiger partial charge in [0.05, 0.1) is 12.1 Å². The van der Waals surface area contributed by atoms with Gasteiger partial charge in [-0.2, -0.15) is 0 Å². The Hall–Kier alpha value is -0.760. The molecule has 0 saturated heterocycles. The van der Waals surface area contributed by atoms with Crippen LogP contribution < -0.4 is 0 Å². The topological polar surface area (TPSA) is 14.2 Å². The molecule has 2 heteroatoms. The van der Waals surface area contributed by atoms with Gasteiger partial charge in [0.1, 0.15) is 0 Å². The number of rotatable bonds is 2. The van der Waals surface area contributed by atoms with Gasteiger partial charge >= 0.3 is 0 Å². The first kappa shape index (κ1) is 7.87. The van der Waals surface area contributed by atoms with Crippen molar-refractivity contribution in [2.45, 2.75) is 31.4 Å². The van der Waals surface area contributed by atoms with E-state index in [0.717, 1.165) is 0 Å². The first-order valence-electron chi connectivity index (χ1n) is 4.57. The molecule has 12 heavy (non-hydrogen) atoms. The summed E-state index contributed by atoms with van der Waals surface area (Å²) in [6, 6.07) is 4.72. The van der Waals surface area contributed by atoms with Gasteiger partial charge in [-0.1, -0.05) is 0 Å². The van der Waals surface area contributed by atoms with Gasteiger partial charge in [0, 0.05) is 19.5 Å². The number of hydrogen-bond acceptors (Lipinski definition) is 1. The maximum atomic E-state index is 5.43. The summed E-state index contributed by atoms with van der Waals surface area (Å²) in [6.45, 7) is 0. The standard InChI is InChI=1S/C10H15NO/c1-12-10-6-4-5-9(10)11-7-2-3-8-11/h2-3,7-10H,4-6H2,1H3. The number of nitrogens with zero attached hydrogens (tertiary/aromatic N) is 1. The molecule has 2 unspecified atom stereocenters. The van der Waals surface area contributed by atoms with E-state index in [9.17, 15) is 0 Å². The Labute approximate surface area is 73.1 Å². The van der Waals surface area contributed by atoms with Crippen LogP contribution >= 0.6 is 0 Å². The van der Waals surface area contributed by atoms with Gasteiger partial charge in [0.25, 0.3) is 0 Å². The van der Waals surface area contributed by atoms with E-state index in [2.05, 4.69) is 29.1 Å². The number of hydrogen-bond donors (Lipinski definition) is 0. The highest BCUT2D eigenvalue weighted by molar-refractivity contribution is 4.96. The van der Waals surface area contributed by atoms with Crippen LogP contribution in [0.25, 0.3) is 0 Å². The van der Waals surface area contributed by atoms with E-state index in [0.29, 0.717) is 12.1 Å². The molecule has 2 nitrogen and oxygen atoms in total. The predicted octanol–water partition coefficient (Wildman–Crippen LogP) is 2.23. The summed E-state index contributed by atoms with van der Waals surface area (Å²) in [5.41, 5.74) is 0. The zero-order valence-corrected chi connectivity index (χ0v) is 7.44.